The van der Waals surface area contributed by atoms with Crippen molar-refractivity contribution in [1.29, 1.82) is 0 Å². The quantitative estimate of drug-likeness (QED) is 0.706. The number of likely N-dealkylation sites (N-methyl/N-ethyl adjacent to an activating group) is 1. The predicted molar refractivity (Wildman–Crippen MR) is 106 cm³/mol. The van der Waals surface area contributed by atoms with Gasteiger partial charge in [-0.05, 0) is 33.7 Å². The summed E-state index contributed by atoms with van der Waals surface area (Å²) in [4.78, 5) is 29.8. The number of carbonyl (C=O) groups excluding carboxylic acids is 1. The molecule has 2 aliphatic rings. The molecule has 1 amide bonds. The molecule has 1 spiro atoms. The molecule has 2 aliphatic heterocycles. The Hall–Kier alpha value is -2.25. The Morgan fingerprint density at radius 1 is 1.41 bits per heavy atom. The summed E-state index contributed by atoms with van der Waals surface area (Å²) >= 11 is 0. The number of aromatic nitrogens is 3. The van der Waals surface area contributed by atoms with Gasteiger partial charge in [0, 0.05) is 26.2 Å². The number of amides is 1. The highest BCUT2D eigenvalue weighted by atomic mass is 19.4. The molecule has 0 radical (unpaired) electrons. The van der Waals surface area contributed by atoms with E-state index in [1.54, 1.807) is 23.0 Å². The first-order valence-corrected chi connectivity index (χ1v) is 10.2. The fourth-order valence-electron chi connectivity index (χ4n) is 3.44. The fourth-order valence-corrected chi connectivity index (χ4v) is 3.44. The molecule has 3 rings (SSSR count). The van der Waals surface area contributed by atoms with Gasteiger partial charge in [0.1, 0.15) is 11.9 Å². The van der Waals surface area contributed by atoms with Gasteiger partial charge in [-0.25, -0.2) is 9.78 Å². The normalized spacial score (nSPS) is 23.9. The molecule has 2 fully saturated rings. The number of aliphatic carboxylic acids is 1. The van der Waals surface area contributed by atoms with Crippen molar-refractivity contribution in [2.24, 2.45) is 7.05 Å². The zero-order valence-electron chi connectivity index (χ0n) is 18.6. The second-order valence-corrected chi connectivity index (χ2v) is 8.32. The summed E-state index contributed by atoms with van der Waals surface area (Å²) in [6.45, 7) is 7.38. The Labute approximate surface area is 184 Å². The third kappa shape index (κ3) is 7.14. The van der Waals surface area contributed by atoms with Gasteiger partial charge in [-0.1, -0.05) is 0 Å². The second kappa shape index (κ2) is 10.6. The van der Waals surface area contributed by atoms with E-state index in [0.29, 0.717) is 32.3 Å². The molecule has 1 aromatic rings. The number of carboxylic acids is 1. The first-order chi connectivity index (χ1) is 14.8. The Balaban J connectivity index is 0.000000451. The number of aryl methyl sites for hydroxylation is 1. The average molecular weight is 465 g/mol. The highest BCUT2D eigenvalue weighted by Crippen LogP contribution is 2.33. The summed E-state index contributed by atoms with van der Waals surface area (Å²) < 4.78 is 45.5. The molecule has 0 saturated carbocycles. The van der Waals surface area contributed by atoms with Crippen LogP contribution in [0.2, 0.25) is 0 Å². The zero-order valence-corrected chi connectivity index (χ0v) is 18.6. The zero-order chi connectivity index (χ0) is 24.1. The predicted octanol–water partition coefficient (Wildman–Crippen LogP) is 1.18. The van der Waals surface area contributed by atoms with E-state index in [9.17, 15) is 18.0 Å². The number of hydrogen-bond acceptors (Lipinski definition) is 7. The van der Waals surface area contributed by atoms with Crippen LogP contribution in [0.3, 0.4) is 0 Å². The molecule has 0 aliphatic carbocycles. The van der Waals surface area contributed by atoms with Crippen molar-refractivity contribution in [3.63, 3.8) is 0 Å². The standard InChI is InChI=1S/C17H29N5O3.C2HF3O2/c1-13(2)20(3)9-14-5-6-17(25-14)10-22(7-8-24-11-17)16(23)15-18-12-21(4)19-15;3-2(4,5)1(6)7/h12-14H,5-11H2,1-4H3;(H,6,7). The van der Waals surface area contributed by atoms with Crippen LogP contribution >= 0.6 is 0 Å². The minimum absolute atomic E-state index is 0.156. The van der Waals surface area contributed by atoms with Crippen LogP contribution in [0.15, 0.2) is 6.33 Å². The van der Waals surface area contributed by atoms with Crippen molar-refractivity contribution in [3.05, 3.63) is 12.2 Å². The van der Waals surface area contributed by atoms with Crippen LogP contribution in [-0.2, 0) is 21.3 Å². The monoisotopic (exact) mass is 465 g/mol. The first-order valence-electron chi connectivity index (χ1n) is 10.2. The molecule has 1 N–H and O–H groups in total. The van der Waals surface area contributed by atoms with Crippen molar-refractivity contribution in [1.82, 2.24) is 24.6 Å². The lowest BCUT2D eigenvalue weighted by atomic mass is 10.00. The van der Waals surface area contributed by atoms with Crippen molar-refractivity contribution >= 4 is 11.9 Å². The minimum Gasteiger partial charge on any atom is -0.475 e. The van der Waals surface area contributed by atoms with Gasteiger partial charge in [0.25, 0.3) is 5.91 Å². The van der Waals surface area contributed by atoms with Gasteiger partial charge in [-0.2, -0.15) is 13.2 Å². The summed E-state index contributed by atoms with van der Waals surface area (Å²) in [7, 11) is 3.87. The van der Waals surface area contributed by atoms with Crippen molar-refractivity contribution in [3.8, 4) is 0 Å². The van der Waals surface area contributed by atoms with Crippen LogP contribution in [-0.4, -0.2) is 105 Å². The van der Waals surface area contributed by atoms with Crippen LogP contribution in [0.5, 0.6) is 0 Å². The smallest absolute Gasteiger partial charge is 0.475 e. The molecule has 32 heavy (non-hydrogen) atoms. The molecule has 0 bridgehead atoms. The van der Waals surface area contributed by atoms with Crippen LogP contribution in [0.25, 0.3) is 0 Å². The number of alkyl halides is 3. The van der Waals surface area contributed by atoms with E-state index < -0.39 is 17.7 Å². The Morgan fingerprint density at radius 3 is 2.59 bits per heavy atom. The largest absolute Gasteiger partial charge is 0.490 e. The molecular formula is C19H30F3N5O5. The second-order valence-electron chi connectivity index (χ2n) is 8.32. The van der Waals surface area contributed by atoms with Gasteiger partial charge in [0.05, 0.1) is 25.9 Å². The van der Waals surface area contributed by atoms with E-state index in [0.717, 1.165) is 19.4 Å². The molecule has 3 heterocycles. The number of halogens is 3. The van der Waals surface area contributed by atoms with E-state index in [1.165, 1.54) is 0 Å². The number of carbonyl (C=O) groups is 2. The maximum atomic E-state index is 12.7. The molecule has 2 unspecified atom stereocenters. The number of carboxylic acid groups (broad SMARTS) is 1. The summed E-state index contributed by atoms with van der Waals surface area (Å²) in [5, 5.41) is 11.3. The third-order valence-corrected chi connectivity index (χ3v) is 5.38. The lowest BCUT2D eigenvalue weighted by Crippen LogP contribution is -2.47. The lowest BCUT2D eigenvalue weighted by Gasteiger charge is -2.32. The maximum Gasteiger partial charge on any atom is 0.490 e. The molecule has 10 nitrogen and oxygen atoms in total. The third-order valence-electron chi connectivity index (χ3n) is 5.38. The number of hydrogen-bond donors (Lipinski definition) is 1. The molecule has 2 saturated heterocycles. The highest BCUT2D eigenvalue weighted by Gasteiger charge is 2.44. The van der Waals surface area contributed by atoms with Crippen LogP contribution in [0.1, 0.15) is 37.3 Å². The van der Waals surface area contributed by atoms with Crippen LogP contribution in [0.4, 0.5) is 13.2 Å². The maximum absolute atomic E-state index is 12.7. The van der Waals surface area contributed by atoms with Gasteiger partial charge in [-0.15, -0.1) is 5.10 Å². The highest BCUT2D eigenvalue weighted by molar-refractivity contribution is 5.90. The Morgan fingerprint density at radius 2 is 2.06 bits per heavy atom. The summed E-state index contributed by atoms with van der Waals surface area (Å²) in [6, 6.07) is 0.485. The number of nitrogens with zero attached hydrogens (tertiary/aromatic N) is 5. The first kappa shape index (κ1) is 26.0. The lowest BCUT2D eigenvalue weighted by molar-refractivity contribution is -0.192. The SMILES string of the molecule is CC(C)N(C)CC1CCC2(COCCN(C(=O)c3ncn(C)n3)C2)O1.O=C(O)C(F)(F)F. The Bertz CT molecular complexity index is 788. The van der Waals surface area contributed by atoms with E-state index in [1.807, 2.05) is 0 Å². The molecule has 0 aromatic carbocycles. The summed E-state index contributed by atoms with van der Waals surface area (Å²) in [6.07, 6.45) is -1.46. The topological polar surface area (TPSA) is 110 Å². The number of ether oxygens (including phenoxy) is 2. The van der Waals surface area contributed by atoms with Crippen molar-refractivity contribution < 1.29 is 37.3 Å². The average Bonchev–Trinajstić information content (AvgIpc) is 3.23. The molecule has 182 valence electrons. The van der Waals surface area contributed by atoms with E-state index in [4.69, 9.17) is 19.4 Å². The summed E-state index contributed by atoms with van der Waals surface area (Å²) in [5.74, 6) is -2.68. The number of rotatable bonds is 4. The van der Waals surface area contributed by atoms with E-state index in [-0.39, 0.29) is 17.8 Å². The molecule has 1 aromatic heterocycles. The van der Waals surface area contributed by atoms with Gasteiger partial charge in [0.2, 0.25) is 5.82 Å². The summed E-state index contributed by atoms with van der Waals surface area (Å²) in [5.41, 5.74) is -0.413. The van der Waals surface area contributed by atoms with Crippen molar-refractivity contribution in [2.45, 2.75) is 50.6 Å². The van der Waals surface area contributed by atoms with E-state index in [2.05, 4.69) is 35.9 Å². The Kier molecular flexibility index (Phi) is 8.60. The molecular weight excluding hydrogens is 435 g/mol. The minimum atomic E-state index is -5.08. The van der Waals surface area contributed by atoms with Crippen LogP contribution in [0, 0.1) is 0 Å². The van der Waals surface area contributed by atoms with Gasteiger partial charge >= 0.3 is 12.1 Å². The fraction of sp³-hybridized carbons (Fsp3) is 0.789. The molecule has 2 atom stereocenters. The molecule has 13 heteroatoms. The van der Waals surface area contributed by atoms with Gasteiger partial charge < -0.3 is 24.4 Å². The van der Waals surface area contributed by atoms with Gasteiger partial charge in [0.15, 0.2) is 0 Å². The van der Waals surface area contributed by atoms with Gasteiger partial charge in [-0.3, -0.25) is 9.48 Å². The van der Waals surface area contributed by atoms with Crippen LogP contribution < -0.4 is 0 Å². The van der Waals surface area contributed by atoms with Crippen molar-refractivity contribution in [2.75, 3.05) is 39.9 Å². The van der Waals surface area contributed by atoms with E-state index >= 15 is 0 Å².